The van der Waals surface area contributed by atoms with Crippen molar-refractivity contribution in [3.05, 3.63) is 41.0 Å². The van der Waals surface area contributed by atoms with Crippen molar-refractivity contribution < 1.29 is 4.74 Å². The third-order valence-electron chi connectivity index (χ3n) is 3.92. The van der Waals surface area contributed by atoms with E-state index < -0.39 is 0 Å². The summed E-state index contributed by atoms with van der Waals surface area (Å²) in [6, 6.07) is 8.83. The summed E-state index contributed by atoms with van der Waals surface area (Å²) in [5.74, 6) is 0. The molecule has 100 valence electrons. The van der Waals surface area contributed by atoms with Crippen molar-refractivity contribution in [1.29, 1.82) is 0 Å². The van der Waals surface area contributed by atoms with Gasteiger partial charge in [-0.15, -0.1) is 0 Å². The van der Waals surface area contributed by atoms with E-state index in [1.165, 1.54) is 33.2 Å². The van der Waals surface area contributed by atoms with Gasteiger partial charge in [0.25, 0.3) is 0 Å². The molecule has 1 heterocycles. The van der Waals surface area contributed by atoms with E-state index in [2.05, 4.69) is 59.1 Å². The monoisotopic (exact) mass is 273 g/mol. The minimum absolute atomic E-state index is 0.407. The fourth-order valence-corrected chi connectivity index (χ4v) is 3.31. The van der Waals surface area contributed by atoms with Crippen LogP contribution in [0.3, 0.4) is 0 Å². The molecule has 1 aliphatic rings. The number of ether oxygens (including phenoxy) is 1. The summed E-state index contributed by atoms with van der Waals surface area (Å²) in [5, 5.41) is 2.75. The minimum Gasteiger partial charge on any atom is -0.371 e. The van der Waals surface area contributed by atoms with E-state index in [4.69, 9.17) is 4.74 Å². The Balaban J connectivity index is 2.14. The summed E-state index contributed by atoms with van der Waals surface area (Å²) < 4.78 is 7.57. The van der Waals surface area contributed by atoms with E-state index in [9.17, 15) is 0 Å². The van der Waals surface area contributed by atoms with Crippen LogP contribution in [0.2, 0.25) is 0 Å². The molecule has 0 amide bonds. The quantitative estimate of drug-likeness (QED) is 0.625. The van der Waals surface area contributed by atoms with Gasteiger partial charge < -0.3 is 9.41 Å². The Bertz CT molecular complexity index is 634. The van der Waals surface area contributed by atoms with Crippen LogP contribution in [0, 0.1) is 20.8 Å². The van der Waals surface area contributed by atoms with Crippen molar-refractivity contribution in [2.24, 2.45) is 0 Å². The maximum atomic E-state index is 5.33. The lowest BCUT2D eigenvalue weighted by Crippen LogP contribution is -2.17. The van der Waals surface area contributed by atoms with Crippen LogP contribution < -0.4 is 4.67 Å². The first kappa shape index (κ1) is 12.9. The summed E-state index contributed by atoms with van der Waals surface area (Å²) >= 11 is 0. The number of hydrogen-bond acceptors (Lipinski definition) is 2. The highest BCUT2D eigenvalue weighted by Crippen LogP contribution is 2.35. The second-order valence-corrected chi connectivity index (χ2v) is 6.07. The lowest BCUT2D eigenvalue weighted by atomic mass is 9.95. The summed E-state index contributed by atoms with van der Waals surface area (Å²) in [4.78, 5) is 0. The van der Waals surface area contributed by atoms with Gasteiger partial charge in [0.2, 0.25) is 0 Å². The molecule has 0 spiro atoms. The van der Waals surface area contributed by atoms with Crippen LogP contribution >= 0.6 is 9.39 Å². The molecule has 0 N–H and O–H groups in total. The van der Waals surface area contributed by atoms with Gasteiger partial charge >= 0.3 is 0 Å². The highest BCUT2D eigenvalue weighted by atomic mass is 31.0. The zero-order chi connectivity index (χ0) is 13.6. The molecule has 3 rings (SSSR count). The summed E-state index contributed by atoms with van der Waals surface area (Å²) in [6.07, 6.45) is 0.407. The first-order valence-electron chi connectivity index (χ1n) is 6.71. The first-order valence-corrected chi connectivity index (χ1v) is 7.23. The molecule has 1 unspecified atom stereocenters. The van der Waals surface area contributed by atoms with E-state index >= 15 is 0 Å². The van der Waals surface area contributed by atoms with Crippen LogP contribution in [-0.2, 0) is 4.74 Å². The zero-order valence-corrected chi connectivity index (χ0v) is 12.9. The third-order valence-corrected chi connectivity index (χ3v) is 4.41. The van der Waals surface area contributed by atoms with Gasteiger partial charge in [0.15, 0.2) is 0 Å². The smallest absolute Gasteiger partial charge is 0.0987 e. The highest BCUT2D eigenvalue weighted by molar-refractivity contribution is 7.19. The van der Waals surface area contributed by atoms with Crippen LogP contribution in [0.4, 0.5) is 5.69 Å². The molecule has 0 saturated carbocycles. The van der Waals surface area contributed by atoms with Gasteiger partial charge in [-0.1, -0.05) is 18.2 Å². The van der Waals surface area contributed by atoms with E-state index in [0.29, 0.717) is 6.10 Å². The van der Waals surface area contributed by atoms with Crippen molar-refractivity contribution in [2.45, 2.75) is 26.9 Å². The number of aryl methyl sites for hydroxylation is 3. The summed E-state index contributed by atoms with van der Waals surface area (Å²) in [6.45, 7) is 8.44. The zero-order valence-electron chi connectivity index (χ0n) is 11.7. The molecule has 2 aromatic rings. The molecular formula is C16H20NOP. The Morgan fingerprint density at radius 3 is 2.68 bits per heavy atom. The topological polar surface area (TPSA) is 15.8 Å². The van der Waals surface area contributed by atoms with Crippen molar-refractivity contribution >= 4 is 25.9 Å². The van der Waals surface area contributed by atoms with Crippen molar-refractivity contribution in [2.75, 3.05) is 17.8 Å². The van der Waals surface area contributed by atoms with Crippen molar-refractivity contribution in [3.63, 3.8) is 0 Å². The SMILES string of the molecule is Cc1cc(N(P)C[C@H]2CO2)c(C)c2c(C)cccc12. The molecule has 1 saturated heterocycles. The molecule has 2 nitrogen and oxygen atoms in total. The fraction of sp³-hybridized carbons (Fsp3) is 0.375. The maximum Gasteiger partial charge on any atom is 0.0987 e. The minimum atomic E-state index is 0.407. The highest BCUT2D eigenvalue weighted by Gasteiger charge is 2.25. The molecular weight excluding hydrogens is 253 g/mol. The molecule has 0 radical (unpaired) electrons. The molecule has 1 aliphatic heterocycles. The Kier molecular flexibility index (Phi) is 3.24. The average Bonchev–Trinajstić information content (AvgIpc) is 3.17. The van der Waals surface area contributed by atoms with Gasteiger partial charge in [-0.25, -0.2) is 0 Å². The number of nitrogens with zero attached hydrogens (tertiary/aromatic N) is 1. The second kappa shape index (κ2) is 4.77. The Hall–Kier alpha value is -1.11. The molecule has 1 fully saturated rings. The number of rotatable bonds is 3. The number of benzene rings is 2. The van der Waals surface area contributed by atoms with Gasteiger partial charge in [-0.05, 0) is 63.7 Å². The van der Waals surface area contributed by atoms with E-state index in [1.54, 1.807) is 0 Å². The standard InChI is InChI=1S/C16H20NOP/c1-10-5-4-6-14-11(2)7-15(12(3)16(10)14)17(19)8-13-9-18-13/h4-7,13H,8-9,19H2,1-3H3/t13-/m0/s1. The number of epoxide rings is 1. The van der Waals surface area contributed by atoms with Gasteiger partial charge in [-0.2, -0.15) is 0 Å². The van der Waals surface area contributed by atoms with Crippen LogP contribution in [0.5, 0.6) is 0 Å². The van der Waals surface area contributed by atoms with Gasteiger partial charge in [0.1, 0.15) is 0 Å². The van der Waals surface area contributed by atoms with Gasteiger partial charge in [0, 0.05) is 12.2 Å². The van der Waals surface area contributed by atoms with Crippen LogP contribution in [0.25, 0.3) is 10.8 Å². The predicted molar refractivity (Wildman–Crippen MR) is 85.0 cm³/mol. The normalized spacial score (nSPS) is 17.8. The Morgan fingerprint density at radius 2 is 2.00 bits per heavy atom. The number of anilines is 1. The maximum absolute atomic E-state index is 5.33. The fourth-order valence-electron chi connectivity index (χ4n) is 2.80. The van der Waals surface area contributed by atoms with E-state index in [0.717, 1.165) is 13.2 Å². The Morgan fingerprint density at radius 1 is 1.26 bits per heavy atom. The number of hydrogen-bond donors (Lipinski definition) is 0. The van der Waals surface area contributed by atoms with Gasteiger partial charge in [0.05, 0.1) is 12.7 Å². The van der Waals surface area contributed by atoms with Gasteiger partial charge in [-0.3, -0.25) is 0 Å². The van der Waals surface area contributed by atoms with E-state index in [-0.39, 0.29) is 0 Å². The molecule has 0 aromatic heterocycles. The number of fused-ring (bicyclic) bond motifs is 1. The molecule has 0 bridgehead atoms. The van der Waals surface area contributed by atoms with Crippen LogP contribution in [0.15, 0.2) is 24.3 Å². The lowest BCUT2D eigenvalue weighted by Gasteiger charge is -2.23. The molecule has 3 heteroatoms. The van der Waals surface area contributed by atoms with Crippen LogP contribution in [-0.4, -0.2) is 19.3 Å². The Labute approximate surface area is 117 Å². The summed E-state index contributed by atoms with van der Waals surface area (Å²) in [5.41, 5.74) is 5.33. The summed E-state index contributed by atoms with van der Waals surface area (Å²) in [7, 11) is 2.83. The average molecular weight is 273 g/mol. The molecule has 2 aromatic carbocycles. The molecule has 19 heavy (non-hydrogen) atoms. The largest absolute Gasteiger partial charge is 0.371 e. The first-order chi connectivity index (χ1) is 9.08. The predicted octanol–water partition coefficient (Wildman–Crippen LogP) is 3.76. The molecule has 2 atom stereocenters. The van der Waals surface area contributed by atoms with E-state index in [1.807, 2.05) is 0 Å². The van der Waals surface area contributed by atoms with Crippen molar-refractivity contribution in [1.82, 2.24) is 0 Å². The molecule has 0 aliphatic carbocycles. The lowest BCUT2D eigenvalue weighted by molar-refractivity contribution is 0.413. The van der Waals surface area contributed by atoms with Crippen LogP contribution in [0.1, 0.15) is 16.7 Å². The second-order valence-electron chi connectivity index (χ2n) is 5.44. The van der Waals surface area contributed by atoms with Crippen molar-refractivity contribution in [3.8, 4) is 0 Å². The third kappa shape index (κ3) is 2.35.